The molecule has 1 aliphatic carbocycles. The summed E-state index contributed by atoms with van der Waals surface area (Å²) in [6, 6.07) is 9.53. The van der Waals surface area contributed by atoms with Crippen molar-refractivity contribution >= 4 is 22.6 Å². The van der Waals surface area contributed by atoms with Crippen molar-refractivity contribution in [2.24, 2.45) is 5.92 Å². The molecule has 0 saturated heterocycles. The largest absolute Gasteiger partial charge is 0.481 e. The quantitative estimate of drug-likeness (QED) is 0.756. The number of rotatable bonds is 5. The SMILES string of the molecule is COc1cc(C(=O)Nc2c(C)cnn2C(C)C2CC2)c2ccccc2n1. The van der Waals surface area contributed by atoms with Gasteiger partial charge in [-0.3, -0.25) is 4.79 Å². The van der Waals surface area contributed by atoms with Gasteiger partial charge < -0.3 is 10.1 Å². The zero-order valence-corrected chi connectivity index (χ0v) is 15.2. The average Bonchev–Trinajstić information content (AvgIpc) is 3.45. The molecule has 0 radical (unpaired) electrons. The number of benzene rings is 1. The Balaban J connectivity index is 1.71. The van der Waals surface area contributed by atoms with Crippen molar-refractivity contribution in [1.29, 1.82) is 0 Å². The van der Waals surface area contributed by atoms with Crippen molar-refractivity contribution in [3.05, 3.63) is 47.7 Å². The number of carbonyl (C=O) groups is 1. The Bertz CT molecular complexity index is 975. The number of amides is 1. The molecule has 1 N–H and O–H groups in total. The lowest BCUT2D eigenvalue weighted by Crippen LogP contribution is -2.19. The summed E-state index contributed by atoms with van der Waals surface area (Å²) in [6.45, 7) is 4.12. The highest BCUT2D eigenvalue weighted by Gasteiger charge is 2.31. The van der Waals surface area contributed by atoms with Crippen LogP contribution in [0.25, 0.3) is 10.9 Å². The van der Waals surface area contributed by atoms with Crippen LogP contribution in [0, 0.1) is 12.8 Å². The highest BCUT2D eigenvalue weighted by atomic mass is 16.5. The van der Waals surface area contributed by atoms with Gasteiger partial charge in [0.05, 0.1) is 30.4 Å². The lowest BCUT2D eigenvalue weighted by molar-refractivity contribution is 0.102. The highest BCUT2D eigenvalue weighted by Crippen LogP contribution is 2.40. The number of nitrogens with one attached hydrogen (secondary N) is 1. The molecular weight excluding hydrogens is 328 g/mol. The monoisotopic (exact) mass is 350 g/mol. The van der Waals surface area contributed by atoms with Crippen LogP contribution in [-0.4, -0.2) is 27.8 Å². The van der Waals surface area contributed by atoms with E-state index in [0.717, 1.165) is 22.3 Å². The summed E-state index contributed by atoms with van der Waals surface area (Å²) in [5.74, 6) is 1.64. The molecule has 26 heavy (non-hydrogen) atoms. The third kappa shape index (κ3) is 2.92. The van der Waals surface area contributed by atoms with Gasteiger partial charge in [0, 0.05) is 17.0 Å². The van der Waals surface area contributed by atoms with E-state index in [-0.39, 0.29) is 11.9 Å². The summed E-state index contributed by atoms with van der Waals surface area (Å²) in [7, 11) is 1.55. The van der Waals surface area contributed by atoms with Crippen molar-refractivity contribution in [2.45, 2.75) is 32.7 Å². The third-order valence-electron chi connectivity index (χ3n) is 5.05. The normalized spacial score (nSPS) is 15.0. The summed E-state index contributed by atoms with van der Waals surface area (Å²) in [5, 5.41) is 8.34. The van der Waals surface area contributed by atoms with Crippen LogP contribution in [-0.2, 0) is 0 Å². The molecule has 0 spiro atoms. The molecule has 6 nitrogen and oxygen atoms in total. The average molecular weight is 350 g/mol. The van der Waals surface area contributed by atoms with Crippen LogP contribution < -0.4 is 10.1 Å². The second-order valence-electron chi connectivity index (χ2n) is 6.88. The van der Waals surface area contributed by atoms with Gasteiger partial charge >= 0.3 is 0 Å². The van der Waals surface area contributed by atoms with Crippen molar-refractivity contribution in [3.8, 4) is 5.88 Å². The number of nitrogens with zero attached hydrogens (tertiary/aromatic N) is 3. The minimum Gasteiger partial charge on any atom is -0.481 e. The van der Waals surface area contributed by atoms with E-state index in [1.165, 1.54) is 12.8 Å². The molecule has 2 heterocycles. The molecule has 3 aromatic rings. The fraction of sp³-hybridized carbons (Fsp3) is 0.350. The first-order valence-corrected chi connectivity index (χ1v) is 8.87. The number of para-hydroxylation sites is 1. The number of pyridine rings is 1. The van der Waals surface area contributed by atoms with Crippen molar-refractivity contribution in [3.63, 3.8) is 0 Å². The Morgan fingerprint density at radius 1 is 1.35 bits per heavy atom. The summed E-state index contributed by atoms with van der Waals surface area (Å²) in [4.78, 5) is 17.5. The van der Waals surface area contributed by atoms with E-state index >= 15 is 0 Å². The molecular formula is C20H22N4O2. The van der Waals surface area contributed by atoms with E-state index in [0.29, 0.717) is 17.4 Å². The van der Waals surface area contributed by atoms with Crippen LogP contribution >= 0.6 is 0 Å². The van der Waals surface area contributed by atoms with Crippen molar-refractivity contribution in [2.75, 3.05) is 12.4 Å². The Hall–Kier alpha value is -2.89. The molecule has 0 bridgehead atoms. The predicted molar refractivity (Wildman–Crippen MR) is 101 cm³/mol. The Morgan fingerprint density at radius 3 is 2.85 bits per heavy atom. The van der Waals surface area contributed by atoms with E-state index < -0.39 is 0 Å². The van der Waals surface area contributed by atoms with Gasteiger partial charge in [-0.1, -0.05) is 18.2 Å². The van der Waals surface area contributed by atoms with E-state index in [2.05, 4.69) is 22.3 Å². The van der Waals surface area contributed by atoms with Gasteiger partial charge in [0.2, 0.25) is 5.88 Å². The molecule has 1 atom stereocenters. The Kier molecular flexibility index (Phi) is 4.11. The van der Waals surface area contributed by atoms with Crippen LogP contribution in [0.4, 0.5) is 5.82 Å². The summed E-state index contributed by atoms with van der Waals surface area (Å²) in [6.07, 6.45) is 4.25. The summed E-state index contributed by atoms with van der Waals surface area (Å²) < 4.78 is 7.20. The maximum absolute atomic E-state index is 13.1. The van der Waals surface area contributed by atoms with Gasteiger partial charge in [-0.15, -0.1) is 0 Å². The number of ether oxygens (including phenoxy) is 1. The number of methoxy groups -OCH3 is 1. The van der Waals surface area contributed by atoms with Gasteiger partial charge in [0.1, 0.15) is 5.82 Å². The Morgan fingerprint density at radius 2 is 2.12 bits per heavy atom. The molecule has 6 heteroatoms. The van der Waals surface area contributed by atoms with Gasteiger partial charge in [0.15, 0.2) is 0 Å². The first kappa shape index (κ1) is 16.6. The van der Waals surface area contributed by atoms with Crippen LogP contribution in [0.5, 0.6) is 5.88 Å². The van der Waals surface area contributed by atoms with Crippen LogP contribution in [0.1, 0.15) is 41.7 Å². The Labute approximate surface area is 152 Å². The van der Waals surface area contributed by atoms with Gasteiger partial charge in [-0.2, -0.15) is 5.10 Å². The van der Waals surface area contributed by atoms with E-state index in [4.69, 9.17) is 4.74 Å². The second-order valence-corrected chi connectivity index (χ2v) is 6.88. The second kappa shape index (κ2) is 6.44. The van der Waals surface area contributed by atoms with E-state index in [1.807, 2.05) is 35.9 Å². The third-order valence-corrected chi connectivity index (χ3v) is 5.05. The standard InChI is InChI=1S/C20H22N4O2/c1-12-11-21-24(13(2)14-8-9-14)19(12)23-20(25)16-10-18(26-3)22-17-7-5-4-6-15(16)17/h4-7,10-11,13-14H,8-9H2,1-3H3,(H,23,25). The number of aromatic nitrogens is 3. The molecule has 1 amide bonds. The molecule has 2 aromatic heterocycles. The highest BCUT2D eigenvalue weighted by molar-refractivity contribution is 6.12. The minimum atomic E-state index is -0.185. The van der Waals surface area contributed by atoms with E-state index in [9.17, 15) is 4.79 Å². The zero-order valence-electron chi connectivity index (χ0n) is 15.2. The molecule has 1 aliphatic rings. The van der Waals surface area contributed by atoms with Crippen LogP contribution in [0.2, 0.25) is 0 Å². The maximum Gasteiger partial charge on any atom is 0.257 e. The van der Waals surface area contributed by atoms with Crippen LogP contribution in [0.15, 0.2) is 36.5 Å². The lowest BCUT2D eigenvalue weighted by atomic mass is 10.1. The molecule has 1 aromatic carbocycles. The summed E-state index contributed by atoms with van der Waals surface area (Å²) >= 11 is 0. The molecule has 1 saturated carbocycles. The number of carbonyl (C=O) groups excluding carboxylic acids is 1. The number of hydrogen-bond acceptors (Lipinski definition) is 4. The number of aryl methyl sites for hydroxylation is 1. The first-order chi connectivity index (χ1) is 12.6. The van der Waals surface area contributed by atoms with Gasteiger partial charge in [0.25, 0.3) is 5.91 Å². The lowest BCUT2D eigenvalue weighted by Gasteiger charge is -2.17. The molecule has 1 fully saturated rings. The topological polar surface area (TPSA) is 69.0 Å². The predicted octanol–water partition coefficient (Wildman–Crippen LogP) is 3.97. The van der Waals surface area contributed by atoms with Crippen molar-refractivity contribution in [1.82, 2.24) is 14.8 Å². The molecule has 134 valence electrons. The van der Waals surface area contributed by atoms with Gasteiger partial charge in [-0.05, 0) is 38.7 Å². The first-order valence-electron chi connectivity index (χ1n) is 8.87. The number of fused-ring (bicyclic) bond motifs is 1. The van der Waals surface area contributed by atoms with Crippen molar-refractivity contribution < 1.29 is 9.53 Å². The zero-order chi connectivity index (χ0) is 18.3. The molecule has 0 aliphatic heterocycles. The smallest absolute Gasteiger partial charge is 0.257 e. The summed E-state index contributed by atoms with van der Waals surface area (Å²) in [5.41, 5.74) is 2.23. The maximum atomic E-state index is 13.1. The number of hydrogen-bond donors (Lipinski definition) is 1. The minimum absolute atomic E-state index is 0.185. The van der Waals surface area contributed by atoms with Gasteiger partial charge in [-0.25, -0.2) is 9.67 Å². The molecule has 1 unspecified atom stereocenters. The fourth-order valence-corrected chi connectivity index (χ4v) is 3.31. The van der Waals surface area contributed by atoms with Crippen LogP contribution in [0.3, 0.4) is 0 Å². The number of anilines is 1. The fourth-order valence-electron chi connectivity index (χ4n) is 3.31. The van der Waals surface area contributed by atoms with E-state index in [1.54, 1.807) is 19.4 Å². The molecule has 4 rings (SSSR count).